The molecule has 5 nitrogen and oxygen atoms in total. The fourth-order valence-corrected chi connectivity index (χ4v) is 3.62. The van der Waals surface area contributed by atoms with Gasteiger partial charge in [-0.3, -0.25) is 4.79 Å². The summed E-state index contributed by atoms with van der Waals surface area (Å²) in [5.41, 5.74) is 0.741. The minimum absolute atomic E-state index is 0.0509. The third-order valence-electron chi connectivity index (χ3n) is 5.13. The van der Waals surface area contributed by atoms with Gasteiger partial charge >= 0.3 is 5.97 Å². The smallest absolute Gasteiger partial charge is 0.335 e. The number of aromatic carboxylic acids is 1. The number of aryl methyl sites for hydroxylation is 1. The van der Waals surface area contributed by atoms with Crippen LogP contribution >= 0.6 is 0 Å². The summed E-state index contributed by atoms with van der Waals surface area (Å²) in [5, 5.41) is 9.34. The summed E-state index contributed by atoms with van der Waals surface area (Å²) in [6.45, 7) is 4.90. The highest BCUT2D eigenvalue weighted by Crippen LogP contribution is 2.35. The number of carbonyl (C=O) groups excluding carboxylic acids is 1. The molecular weight excluding hydrogens is 330 g/mol. The normalized spacial score (nSPS) is 20.2. The standard InChI is InChI=1S/C21H25NO4/c1-3-16-8-9-19(26-16)18-12-14(2)10-11-22(18)20(23)13-15-6-4-5-7-17(15)21(24)25/h4-9,14,18H,3,10-13H2,1-2H3,(H,24,25). The van der Waals surface area contributed by atoms with E-state index in [0.717, 1.165) is 30.8 Å². The summed E-state index contributed by atoms with van der Waals surface area (Å²) in [6, 6.07) is 10.6. The Morgan fingerprint density at radius 1 is 1.23 bits per heavy atom. The molecule has 1 aliphatic heterocycles. The van der Waals surface area contributed by atoms with Crippen LogP contribution in [0.4, 0.5) is 0 Å². The summed E-state index contributed by atoms with van der Waals surface area (Å²) in [6.07, 6.45) is 2.73. The molecule has 3 rings (SSSR count). The summed E-state index contributed by atoms with van der Waals surface area (Å²) < 4.78 is 5.93. The third kappa shape index (κ3) is 3.82. The van der Waals surface area contributed by atoms with Crippen molar-refractivity contribution in [1.82, 2.24) is 4.90 Å². The highest BCUT2D eigenvalue weighted by atomic mass is 16.4. The molecule has 0 radical (unpaired) electrons. The van der Waals surface area contributed by atoms with Crippen molar-refractivity contribution in [2.45, 2.75) is 45.6 Å². The fraction of sp³-hybridized carbons (Fsp3) is 0.429. The zero-order valence-corrected chi connectivity index (χ0v) is 15.3. The number of nitrogens with zero attached hydrogens (tertiary/aromatic N) is 1. The van der Waals surface area contributed by atoms with Crippen LogP contribution in [0.3, 0.4) is 0 Å². The van der Waals surface area contributed by atoms with Gasteiger partial charge in [-0.25, -0.2) is 4.79 Å². The van der Waals surface area contributed by atoms with Crippen LogP contribution in [0.15, 0.2) is 40.8 Å². The summed E-state index contributed by atoms with van der Waals surface area (Å²) in [4.78, 5) is 26.3. The first-order valence-electron chi connectivity index (χ1n) is 9.18. The number of rotatable bonds is 5. The molecule has 26 heavy (non-hydrogen) atoms. The molecule has 1 aromatic carbocycles. The molecule has 138 valence electrons. The first kappa shape index (κ1) is 18.2. The van der Waals surface area contributed by atoms with Gasteiger partial charge < -0.3 is 14.4 Å². The first-order chi connectivity index (χ1) is 12.5. The van der Waals surface area contributed by atoms with Crippen molar-refractivity contribution >= 4 is 11.9 Å². The number of piperidine rings is 1. The van der Waals surface area contributed by atoms with Crippen LogP contribution in [0.1, 0.15) is 60.2 Å². The maximum Gasteiger partial charge on any atom is 0.335 e. The Balaban J connectivity index is 1.83. The van der Waals surface area contributed by atoms with Gasteiger partial charge in [0.25, 0.3) is 0 Å². The minimum atomic E-state index is -1.00. The number of amides is 1. The molecule has 1 fully saturated rings. The molecule has 2 unspecified atom stereocenters. The van der Waals surface area contributed by atoms with E-state index < -0.39 is 5.97 Å². The second-order valence-corrected chi connectivity index (χ2v) is 7.03. The van der Waals surface area contributed by atoms with Crippen molar-refractivity contribution in [3.05, 3.63) is 59.0 Å². The number of benzene rings is 1. The number of carbonyl (C=O) groups is 2. The van der Waals surface area contributed by atoms with Crippen LogP contribution in [0, 0.1) is 5.92 Å². The lowest BCUT2D eigenvalue weighted by Gasteiger charge is -2.37. The van der Waals surface area contributed by atoms with Gasteiger partial charge in [-0.2, -0.15) is 0 Å². The van der Waals surface area contributed by atoms with E-state index in [9.17, 15) is 14.7 Å². The molecule has 2 aromatic rings. The van der Waals surface area contributed by atoms with Crippen molar-refractivity contribution in [2.24, 2.45) is 5.92 Å². The summed E-state index contributed by atoms with van der Waals surface area (Å²) >= 11 is 0. The van der Waals surface area contributed by atoms with Crippen molar-refractivity contribution in [2.75, 3.05) is 6.54 Å². The van der Waals surface area contributed by atoms with Gasteiger partial charge in [-0.1, -0.05) is 32.0 Å². The molecule has 0 spiro atoms. The van der Waals surface area contributed by atoms with Gasteiger partial charge in [0.2, 0.25) is 5.91 Å². The molecular formula is C21H25NO4. The monoisotopic (exact) mass is 355 g/mol. The highest BCUT2D eigenvalue weighted by molar-refractivity contribution is 5.91. The molecule has 2 atom stereocenters. The van der Waals surface area contributed by atoms with Crippen LogP contribution in [-0.2, 0) is 17.6 Å². The zero-order valence-electron chi connectivity index (χ0n) is 15.3. The van der Waals surface area contributed by atoms with E-state index in [1.807, 2.05) is 24.0 Å². The summed E-state index contributed by atoms with van der Waals surface area (Å²) in [5.74, 6) is 1.21. The van der Waals surface area contributed by atoms with Gasteiger partial charge in [0.15, 0.2) is 0 Å². The molecule has 2 heterocycles. The SMILES string of the molecule is CCc1ccc(C2CC(C)CCN2C(=O)Cc2ccccc2C(=O)O)o1. The van der Waals surface area contributed by atoms with E-state index in [0.29, 0.717) is 18.0 Å². The Bertz CT molecular complexity index is 795. The number of carboxylic acid groups (broad SMARTS) is 1. The van der Waals surface area contributed by atoms with Crippen LogP contribution in [0.2, 0.25) is 0 Å². The van der Waals surface area contributed by atoms with Gasteiger partial charge in [-0.15, -0.1) is 0 Å². The zero-order chi connectivity index (χ0) is 18.7. The molecule has 1 aliphatic rings. The van der Waals surface area contributed by atoms with E-state index in [-0.39, 0.29) is 23.9 Å². The first-order valence-corrected chi connectivity index (χ1v) is 9.18. The minimum Gasteiger partial charge on any atom is -0.478 e. The van der Waals surface area contributed by atoms with E-state index in [1.54, 1.807) is 24.3 Å². The van der Waals surface area contributed by atoms with Crippen molar-refractivity contribution < 1.29 is 19.1 Å². The quantitative estimate of drug-likeness (QED) is 0.877. The van der Waals surface area contributed by atoms with E-state index in [2.05, 4.69) is 6.92 Å². The van der Waals surface area contributed by atoms with Crippen LogP contribution in [-0.4, -0.2) is 28.4 Å². The fourth-order valence-electron chi connectivity index (χ4n) is 3.62. The Morgan fingerprint density at radius 3 is 2.69 bits per heavy atom. The van der Waals surface area contributed by atoms with Gasteiger partial charge in [-0.05, 0) is 42.5 Å². The molecule has 0 saturated carbocycles. The summed E-state index contributed by atoms with van der Waals surface area (Å²) in [7, 11) is 0. The van der Waals surface area contributed by atoms with Crippen LogP contribution < -0.4 is 0 Å². The topological polar surface area (TPSA) is 70.8 Å². The second kappa shape index (κ2) is 7.77. The van der Waals surface area contributed by atoms with Crippen LogP contribution in [0.5, 0.6) is 0 Å². The second-order valence-electron chi connectivity index (χ2n) is 7.03. The number of hydrogen-bond acceptors (Lipinski definition) is 3. The number of likely N-dealkylation sites (tertiary alicyclic amines) is 1. The van der Waals surface area contributed by atoms with E-state index in [1.165, 1.54) is 0 Å². The predicted molar refractivity (Wildman–Crippen MR) is 98.0 cm³/mol. The van der Waals surface area contributed by atoms with E-state index >= 15 is 0 Å². The molecule has 0 aliphatic carbocycles. The number of furan rings is 1. The maximum absolute atomic E-state index is 13.0. The van der Waals surface area contributed by atoms with Crippen molar-refractivity contribution in [3.8, 4) is 0 Å². The van der Waals surface area contributed by atoms with Gasteiger partial charge in [0.05, 0.1) is 18.0 Å². The largest absolute Gasteiger partial charge is 0.478 e. The Labute approximate surface area is 153 Å². The molecule has 5 heteroatoms. The molecule has 1 saturated heterocycles. The average molecular weight is 355 g/mol. The molecule has 1 N–H and O–H groups in total. The van der Waals surface area contributed by atoms with Crippen molar-refractivity contribution in [1.29, 1.82) is 0 Å². The maximum atomic E-state index is 13.0. The lowest BCUT2D eigenvalue weighted by atomic mass is 9.90. The highest BCUT2D eigenvalue weighted by Gasteiger charge is 2.33. The molecule has 0 bridgehead atoms. The van der Waals surface area contributed by atoms with Gasteiger partial charge in [0.1, 0.15) is 11.5 Å². The molecule has 1 aromatic heterocycles. The number of hydrogen-bond donors (Lipinski definition) is 1. The van der Waals surface area contributed by atoms with Gasteiger partial charge in [0, 0.05) is 13.0 Å². The lowest BCUT2D eigenvalue weighted by molar-refractivity contribution is -0.135. The Hall–Kier alpha value is -2.56. The average Bonchev–Trinajstić information content (AvgIpc) is 3.11. The predicted octanol–water partition coefficient (Wildman–Crippen LogP) is 4.08. The molecule has 1 amide bonds. The third-order valence-corrected chi connectivity index (χ3v) is 5.13. The Morgan fingerprint density at radius 2 is 2.00 bits per heavy atom. The van der Waals surface area contributed by atoms with Crippen LogP contribution in [0.25, 0.3) is 0 Å². The Kier molecular flexibility index (Phi) is 5.45. The van der Waals surface area contributed by atoms with Crippen molar-refractivity contribution in [3.63, 3.8) is 0 Å². The van der Waals surface area contributed by atoms with E-state index in [4.69, 9.17) is 4.42 Å². The number of carboxylic acids is 1. The lowest BCUT2D eigenvalue weighted by Crippen LogP contribution is -2.41.